The van der Waals surface area contributed by atoms with Crippen molar-refractivity contribution in [2.75, 3.05) is 28.4 Å². The molecule has 0 atom stereocenters. The highest BCUT2D eigenvalue weighted by Gasteiger charge is 2.17. The van der Waals surface area contributed by atoms with Crippen molar-refractivity contribution in [2.24, 2.45) is 0 Å². The summed E-state index contributed by atoms with van der Waals surface area (Å²) in [5, 5.41) is 0.868. The highest BCUT2D eigenvalue weighted by molar-refractivity contribution is 5.92. The lowest BCUT2D eigenvalue weighted by Gasteiger charge is -2.15. The van der Waals surface area contributed by atoms with Crippen LogP contribution in [0.3, 0.4) is 0 Å². The first-order valence-corrected chi connectivity index (χ1v) is 7.46. The molecule has 2 aromatic carbocycles. The van der Waals surface area contributed by atoms with E-state index in [2.05, 4.69) is 0 Å². The molecule has 3 rings (SSSR count). The fourth-order valence-corrected chi connectivity index (χ4v) is 2.67. The fraction of sp³-hybridized carbons (Fsp3) is 0.211. The van der Waals surface area contributed by atoms with E-state index in [9.17, 15) is 0 Å². The van der Waals surface area contributed by atoms with Gasteiger partial charge in [0.1, 0.15) is 5.75 Å². The number of methoxy groups -OCH3 is 4. The lowest BCUT2D eigenvalue weighted by atomic mass is 10.1. The predicted octanol–water partition coefficient (Wildman–Crippen LogP) is 3.94. The molecule has 0 saturated heterocycles. The van der Waals surface area contributed by atoms with Crippen molar-refractivity contribution in [3.8, 4) is 34.3 Å². The Morgan fingerprint density at radius 3 is 2.00 bits per heavy atom. The van der Waals surface area contributed by atoms with Crippen molar-refractivity contribution in [1.82, 2.24) is 4.98 Å². The summed E-state index contributed by atoms with van der Waals surface area (Å²) in [6.07, 6.45) is 0. The molecule has 0 amide bonds. The second-order valence-corrected chi connectivity index (χ2v) is 5.14. The third-order valence-electron chi connectivity index (χ3n) is 3.88. The van der Waals surface area contributed by atoms with E-state index in [1.54, 1.807) is 28.4 Å². The first kappa shape index (κ1) is 15.9. The number of benzene rings is 2. The summed E-state index contributed by atoms with van der Waals surface area (Å²) >= 11 is 0. The van der Waals surface area contributed by atoms with Crippen LogP contribution in [-0.2, 0) is 0 Å². The SMILES string of the molecule is COc1ccc(-c2ccc3c(OC)c(OC)c(OC)cc3n2)cc1. The average molecular weight is 325 g/mol. The van der Waals surface area contributed by atoms with E-state index in [1.807, 2.05) is 42.5 Å². The molecule has 5 heteroatoms. The molecule has 124 valence electrons. The summed E-state index contributed by atoms with van der Waals surface area (Å²) in [5.41, 5.74) is 2.64. The van der Waals surface area contributed by atoms with Gasteiger partial charge in [-0.15, -0.1) is 0 Å². The van der Waals surface area contributed by atoms with Gasteiger partial charge in [0, 0.05) is 17.0 Å². The molecule has 1 aromatic heterocycles. The number of pyridine rings is 1. The smallest absolute Gasteiger partial charge is 0.204 e. The Kier molecular flexibility index (Phi) is 4.42. The average Bonchev–Trinajstić information content (AvgIpc) is 2.65. The Hall–Kier alpha value is -2.95. The quantitative estimate of drug-likeness (QED) is 0.711. The first-order chi connectivity index (χ1) is 11.7. The maximum absolute atomic E-state index is 5.51. The normalized spacial score (nSPS) is 10.5. The Bertz CT molecular complexity index is 859. The predicted molar refractivity (Wildman–Crippen MR) is 93.4 cm³/mol. The number of ether oxygens (including phenoxy) is 4. The van der Waals surface area contributed by atoms with Gasteiger partial charge in [0.2, 0.25) is 5.75 Å². The molecule has 24 heavy (non-hydrogen) atoms. The minimum atomic E-state index is 0.562. The fourth-order valence-electron chi connectivity index (χ4n) is 2.67. The molecule has 5 nitrogen and oxygen atoms in total. The van der Waals surface area contributed by atoms with Crippen LogP contribution in [-0.4, -0.2) is 33.4 Å². The zero-order chi connectivity index (χ0) is 17.1. The largest absolute Gasteiger partial charge is 0.497 e. The highest BCUT2D eigenvalue weighted by atomic mass is 16.5. The zero-order valence-corrected chi connectivity index (χ0v) is 14.1. The summed E-state index contributed by atoms with van der Waals surface area (Å²) in [7, 11) is 6.44. The van der Waals surface area contributed by atoms with E-state index in [4.69, 9.17) is 23.9 Å². The lowest BCUT2D eigenvalue weighted by molar-refractivity contribution is 0.327. The molecule has 0 bridgehead atoms. The van der Waals surface area contributed by atoms with Crippen LogP contribution in [0.4, 0.5) is 0 Å². The number of aromatic nitrogens is 1. The first-order valence-electron chi connectivity index (χ1n) is 7.46. The van der Waals surface area contributed by atoms with Crippen molar-refractivity contribution in [1.29, 1.82) is 0 Å². The molecule has 0 radical (unpaired) electrons. The number of nitrogens with zero attached hydrogens (tertiary/aromatic N) is 1. The number of fused-ring (bicyclic) bond motifs is 1. The molecule has 0 aliphatic rings. The van der Waals surface area contributed by atoms with E-state index in [1.165, 1.54) is 0 Å². The van der Waals surface area contributed by atoms with Crippen molar-refractivity contribution in [3.05, 3.63) is 42.5 Å². The molecular formula is C19H19NO4. The van der Waals surface area contributed by atoms with Gasteiger partial charge in [-0.25, -0.2) is 4.98 Å². The maximum Gasteiger partial charge on any atom is 0.204 e. The van der Waals surface area contributed by atoms with Crippen molar-refractivity contribution < 1.29 is 18.9 Å². The van der Waals surface area contributed by atoms with Gasteiger partial charge in [-0.1, -0.05) is 0 Å². The Morgan fingerprint density at radius 2 is 1.42 bits per heavy atom. The molecule has 0 aliphatic carbocycles. The van der Waals surface area contributed by atoms with Gasteiger partial charge in [-0.3, -0.25) is 0 Å². The standard InChI is InChI=1S/C19H19NO4/c1-21-13-7-5-12(6-8-13)15-10-9-14-16(20-15)11-17(22-2)19(24-4)18(14)23-3/h5-11H,1-4H3. The van der Waals surface area contributed by atoms with Crippen molar-refractivity contribution in [2.45, 2.75) is 0 Å². The van der Waals surface area contributed by atoms with Gasteiger partial charge >= 0.3 is 0 Å². The molecule has 0 saturated carbocycles. The van der Waals surface area contributed by atoms with Gasteiger partial charge in [0.15, 0.2) is 11.5 Å². The van der Waals surface area contributed by atoms with Gasteiger partial charge in [0.05, 0.1) is 39.6 Å². The molecule has 1 heterocycles. The Morgan fingerprint density at radius 1 is 0.708 bits per heavy atom. The zero-order valence-electron chi connectivity index (χ0n) is 14.1. The summed E-state index contributed by atoms with van der Waals surface area (Å²) in [6.45, 7) is 0. The van der Waals surface area contributed by atoms with Crippen LogP contribution in [0, 0.1) is 0 Å². The molecule has 0 unspecified atom stereocenters. The van der Waals surface area contributed by atoms with Crippen LogP contribution < -0.4 is 18.9 Å². The number of rotatable bonds is 5. The van der Waals surface area contributed by atoms with E-state index < -0.39 is 0 Å². The van der Waals surface area contributed by atoms with Crippen LogP contribution in [0.1, 0.15) is 0 Å². The molecule has 0 N–H and O–H groups in total. The molecule has 3 aromatic rings. The molecular weight excluding hydrogens is 306 g/mol. The van der Waals surface area contributed by atoms with Crippen LogP contribution in [0.25, 0.3) is 22.2 Å². The van der Waals surface area contributed by atoms with Gasteiger partial charge in [-0.2, -0.15) is 0 Å². The summed E-state index contributed by atoms with van der Waals surface area (Å²) < 4.78 is 21.5. The highest BCUT2D eigenvalue weighted by Crippen LogP contribution is 2.43. The number of hydrogen-bond acceptors (Lipinski definition) is 5. The van der Waals surface area contributed by atoms with E-state index in [0.29, 0.717) is 17.2 Å². The van der Waals surface area contributed by atoms with Gasteiger partial charge in [-0.05, 0) is 36.4 Å². The summed E-state index contributed by atoms with van der Waals surface area (Å²) in [5.74, 6) is 2.57. The van der Waals surface area contributed by atoms with Gasteiger partial charge in [0.25, 0.3) is 0 Å². The van der Waals surface area contributed by atoms with E-state index in [-0.39, 0.29) is 0 Å². The third kappa shape index (κ3) is 2.69. The lowest BCUT2D eigenvalue weighted by Crippen LogP contribution is -1.97. The number of hydrogen-bond donors (Lipinski definition) is 0. The van der Waals surface area contributed by atoms with Crippen LogP contribution in [0.2, 0.25) is 0 Å². The van der Waals surface area contributed by atoms with Crippen LogP contribution >= 0.6 is 0 Å². The monoisotopic (exact) mass is 325 g/mol. The van der Waals surface area contributed by atoms with Crippen LogP contribution in [0.15, 0.2) is 42.5 Å². The summed E-state index contributed by atoms with van der Waals surface area (Å²) in [4.78, 5) is 4.74. The topological polar surface area (TPSA) is 49.8 Å². The van der Waals surface area contributed by atoms with Gasteiger partial charge < -0.3 is 18.9 Å². The molecule has 0 aliphatic heterocycles. The third-order valence-corrected chi connectivity index (χ3v) is 3.88. The second-order valence-electron chi connectivity index (χ2n) is 5.14. The maximum atomic E-state index is 5.51. The Labute approximate surface area is 140 Å². The van der Waals surface area contributed by atoms with Crippen LogP contribution in [0.5, 0.6) is 23.0 Å². The minimum Gasteiger partial charge on any atom is -0.497 e. The second kappa shape index (κ2) is 6.66. The van der Waals surface area contributed by atoms with Crippen molar-refractivity contribution in [3.63, 3.8) is 0 Å². The molecule has 0 fully saturated rings. The van der Waals surface area contributed by atoms with E-state index in [0.717, 1.165) is 27.9 Å². The van der Waals surface area contributed by atoms with Crippen molar-refractivity contribution >= 4 is 10.9 Å². The molecule has 0 spiro atoms. The van der Waals surface area contributed by atoms with E-state index >= 15 is 0 Å². The summed E-state index contributed by atoms with van der Waals surface area (Å²) in [6, 6.07) is 13.6. The Balaban J connectivity index is 2.16. The minimum absolute atomic E-state index is 0.562.